The van der Waals surface area contributed by atoms with Crippen LogP contribution in [0.25, 0.3) is 0 Å². The standard InChI is InChI=1S/C13H20N2O2.ClH/c1-8-6-11(9(2)17-8)12(16)15-13(3,7-14)10-4-5-10;/h6,10H,4-5,7,14H2,1-3H3,(H,15,16);1H. The van der Waals surface area contributed by atoms with E-state index in [-0.39, 0.29) is 23.9 Å². The number of halogens is 1. The second-order valence-electron chi connectivity index (χ2n) is 5.18. The van der Waals surface area contributed by atoms with Crippen molar-refractivity contribution in [3.05, 3.63) is 23.2 Å². The van der Waals surface area contributed by atoms with Crippen LogP contribution in [0.4, 0.5) is 0 Å². The van der Waals surface area contributed by atoms with E-state index >= 15 is 0 Å². The highest BCUT2D eigenvalue weighted by Gasteiger charge is 2.41. The summed E-state index contributed by atoms with van der Waals surface area (Å²) in [4.78, 5) is 12.2. The van der Waals surface area contributed by atoms with Crippen molar-refractivity contribution in [2.45, 2.75) is 39.2 Å². The van der Waals surface area contributed by atoms with Gasteiger partial charge >= 0.3 is 0 Å². The number of carbonyl (C=O) groups is 1. The number of furan rings is 1. The molecule has 0 aliphatic heterocycles. The van der Waals surface area contributed by atoms with E-state index in [0.717, 1.165) is 18.6 Å². The van der Waals surface area contributed by atoms with E-state index in [2.05, 4.69) is 5.32 Å². The third kappa shape index (κ3) is 2.87. The van der Waals surface area contributed by atoms with Gasteiger partial charge in [-0.25, -0.2) is 0 Å². The highest BCUT2D eigenvalue weighted by atomic mass is 35.5. The van der Waals surface area contributed by atoms with Crippen molar-refractivity contribution in [2.24, 2.45) is 11.7 Å². The first kappa shape index (κ1) is 15.1. The number of amides is 1. The number of nitrogens with one attached hydrogen (secondary N) is 1. The molecule has 1 aromatic rings. The molecule has 1 aliphatic rings. The smallest absolute Gasteiger partial charge is 0.255 e. The van der Waals surface area contributed by atoms with Crippen molar-refractivity contribution in [3.8, 4) is 0 Å². The lowest BCUT2D eigenvalue weighted by Gasteiger charge is -2.29. The highest BCUT2D eigenvalue weighted by Crippen LogP contribution is 2.39. The molecule has 18 heavy (non-hydrogen) atoms. The predicted octanol–water partition coefficient (Wildman–Crippen LogP) is 2.18. The first-order valence-corrected chi connectivity index (χ1v) is 6.06. The number of hydrogen-bond acceptors (Lipinski definition) is 3. The maximum Gasteiger partial charge on any atom is 0.255 e. The number of aryl methyl sites for hydroxylation is 2. The van der Waals surface area contributed by atoms with Crippen LogP contribution in [0.15, 0.2) is 10.5 Å². The second kappa shape index (κ2) is 5.33. The fraction of sp³-hybridized carbons (Fsp3) is 0.615. The number of hydrogen-bond donors (Lipinski definition) is 2. The van der Waals surface area contributed by atoms with E-state index in [4.69, 9.17) is 10.2 Å². The Morgan fingerprint density at radius 2 is 2.17 bits per heavy atom. The first-order valence-electron chi connectivity index (χ1n) is 6.06. The van der Waals surface area contributed by atoms with Crippen LogP contribution >= 0.6 is 12.4 Å². The minimum atomic E-state index is -0.283. The molecular formula is C13H21ClN2O2. The molecule has 1 saturated carbocycles. The molecular weight excluding hydrogens is 252 g/mol. The average molecular weight is 273 g/mol. The van der Waals surface area contributed by atoms with E-state index in [1.54, 1.807) is 13.0 Å². The highest BCUT2D eigenvalue weighted by molar-refractivity contribution is 5.95. The summed E-state index contributed by atoms with van der Waals surface area (Å²) in [5.74, 6) is 1.85. The predicted molar refractivity (Wildman–Crippen MR) is 73.1 cm³/mol. The fourth-order valence-electron chi connectivity index (χ4n) is 2.22. The lowest BCUT2D eigenvalue weighted by Crippen LogP contribution is -2.53. The third-order valence-electron chi connectivity index (χ3n) is 3.59. The Labute approximate surface area is 114 Å². The summed E-state index contributed by atoms with van der Waals surface area (Å²) in [6.45, 7) is 6.13. The number of rotatable bonds is 4. The van der Waals surface area contributed by atoms with E-state index < -0.39 is 0 Å². The molecule has 1 aromatic heterocycles. The van der Waals surface area contributed by atoms with E-state index in [0.29, 0.717) is 23.8 Å². The zero-order valence-electron chi connectivity index (χ0n) is 11.1. The molecule has 0 saturated heterocycles. The maximum absolute atomic E-state index is 12.2. The van der Waals surface area contributed by atoms with Gasteiger partial charge < -0.3 is 15.5 Å². The lowest BCUT2D eigenvalue weighted by molar-refractivity contribution is 0.0896. The Bertz CT molecular complexity index is 440. The largest absolute Gasteiger partial charge is 0.466 e. The zero-order chi connectivity index (χ0) is 12.6. The van der Waals surface area contributed by atoms with Crippen LogP contribution in [0, 0.1) is 19.8 Å². The van der Waals surface area contributed by atoms with Crippen molar-refractivity contribution < 1.29 is 9.21 Å². The summed E-state index contributed by atoms with van der Waals surface area (Å²) < 4.78 is 5.37. The van der Waals surface area contributed by atoms with Gasteiger partial charge in [0.15, 0.2) is 0 Å². The van der Waals surface area contributed by atoms with Crippen molar-refractivity contribution in [3.63, 3.8) is 0 Å². The first-order chi connectivity index (χ1) is 7.96. The fourth-order valence-corrected chi connectivity index (χ4v) is 2.22. The number of nitrogens with two attached hydrogens (primary N) is 1. The van der Waals surface area contributed by atoms with E-state index in [9.17, 15) is 4.79 Å². The Hall–Kier alpha value is -1.000. The normalized spacial score (nSPS) is 17.8. The molecule has 1 amide bonds. The van der Waals surface area contributed by atoms with E-state index in [1.165, 1.54) is 0 Å². The Balaban J connectivity index is 0.00000162. The molecule has 5 heteroatoms. The molecule has 102 valence electrons. The minimum absolute atomic E-state index is 0. The molecule has 2 rings (SSSR count). The molecule has 1 atom stereocenters. The van der Waals surface area contributed by atoms with E-state index in [1.807, 2.05) is 13.8 Å². The summed E-state index contributed by atoms with van der Waals surface area (Å²) in [6.07, 6.45) is 2.30. The van der Waals surface area contributed by atoms with Crippen LogP contribution in [-0.4, -0.2) is 18.0 Å². The molecule has 0 aromatic carbocycles. The van der Waals surface area contributed by atoms with Crippen molar-refractivity contribution >= 4 is 18.3 Å². The van der Waals surface area contributed by atoms with Gasteiger partial charge in [0.2, 0.25) is 0 Å². The third-order valence-corrected chi connectivity index (χ3v) is 3.59. The van der Waals surface area contributed by atoms with Crippen LogP contribution in [-0.2, 0) is 0 Å². The van der Waals surface area contributed by atoms with Crippen LogP contribution in [0.3, 0.4) is 0 Å². The van der Waals surface area contributed by atoms with Crippen molar-refractivity contribution in [2.75, 3.05) is 6.54 Å². The molecule has 3 N–H and O–H groups in total. The van der Waals surface area contributed by atoms with Gasteiger partial charge in [0.1, 0.15) is 11.5 Å². The lowest BCUT2D eigenvalue weighted by atomic mass is 9.95. The topological polar surface area (TPSA) is 68.3 Å². The molecule has 4 nitrogen and oxygen atoms in total. The molecule has 1 aliphatic carbocycles. The summed E-state index contributed by atoms with van der Waals surface area (Å²) in [6, 6.07) is 1.77. The minimum Gasteiger partial charge on any atom is -0.466 e. The van der Waals surface area contributed by atoms with Gasteiger partial charge in [-0.15, -0.1) is 12.4 Å². The van der Waals surface area contributed by atoms with Crippen molar-refractivity contribution in [1.29, 1.82) is 0 Å². The zero-order valence-corrected chi connectivity index (χ0v) is 11.9. The Morgan fingerprint density at radius 3 is 2.56 bits per heavy atom. The molecule has 0 radical (unpaired) electrons. The molecule has 0 spiro atoms. The van der Waals surface area contributed by atoms with Crippen molar-refractivity contribution in [1.82, 2.24) is 5.32 Å². The summed E-state index contributed by atoms with van der Waals surface area (Å²) in [7, 11) is 0. The van der Waals surface area contributed by atoms with Gasteiger partial charge in [0.05, 0.1) is 11.1 Å². The van der Waals surface area contributed by atoms with Gasteiger partial charge in [-0.2, -0.15) is 0 Å². The SMILES string of the molecule is Cc1cc(C(=O)NC(C)(CN)C2CC2)c(C)o1.Cl. The van der Waals surface area contributed by atoms with Crippen LogP contribution in [0.1, 0.15) is 41.6 Å². The van der Waals surface area contributed by atoms with Gasteiger partial charge in [0, 0.05) is 6.54 Å². The Morgan fingerprint density at radius 1 is 1.56 bits per heavy atom. The van der Waals surface area contributed by atoms with Gasteiger partial charge in [-0.05, 0) is 45.6 Å². The molecule has 1 fully saturated rings. The van der Waals surface area contributed by atoms with Crippen LogP contribution < -0.4 is 11.1 Å². The molecule has 0 bridgehead atoms. The van der Waals surface area contributed by atoms with Gasteiger partial charge in [-0.3, -0.25) is 4.79 Å². The van der Waals surface area contributed by atoms with Gasteiger partial charge in [0.25, 0.3) is 5.91 Å². The van der Waals surface area contributed by atoms with Crippen LogP contribution in [0.5, 0.6) is 0 Å². The summed E-state index contributed by atoms with van der Waals surface area (Å²) in [5, 5.41) is 3.05. The second-order valence-corrected chi connectivity index (χ2v) is 5.18. The van der Waals surface area contributed by atoms with Gasteiger partial charge in [-0.1, -0.05) is 0 Å². The maximum atomic E-state index is 12.2. The molecule has 1 heterocycles. The van der Waals surface area contributed by atoms with Crippen LogP contribution in [0.2, 0.25) is 0 Å². The summed E-state index contributed by atoms with van der Waals surface area (Å²) >= 11 is 0. The monoisotopic (exact) mass is 272 g/mol. The molecule has 1 unspecified atom stereocenters. The summed E-state index contributed by atoms with van der Waals surface area (Å²) in [5.41, 5.74) is 6.11. The average Bonchev–Trinajstić information content (AvgIpc) is 3.05. The Kier molecular flexibility index (Phi) is 4.46. The number of carbonyl (C=O) groups excluding carboxylic acids is 1. The quantitative estimate of drug-likeness (QED) is 0.883.